The number of likely N-dealkylation sites (tertiary alicyclic amines) is 1. The van der Waals surface area contributed by atoms with Gasteiger partial charge in [-0.15, -0.1) is 0 Å². The number of hydrogen-bond acceptors (Lipinski definition) is 5. The first-order valence-corrected chi connectivity index (χ1v) is 11.3. The fourth-order valence-corrected chi connectivity index (χ4v) is 4.35. The van der Waals surface area contributed by atoms with Crippen LogP contribution in [0.5, 0.6) is 0 Å². The quantitative estimate of drug-likeness (QED) is 0.559. The minimum absolute atomic E-state index is 0.135. The van der Waals surface area contributed by atoms with E-state index >= 15 is 0 Å². The number of urea groups is 1. The van der Waals surface area contributed by atoms with Crippen LogP contribution in [0.3, 0.4) is 0 Å². The molecule has 0 aliphatic carbocycles. The SMILES string of the molecule is CNc1ncc2cc(-c3cc(NC(=O)N4CC[C@@H](C(C)(C)C)C4)c(F)cc3C)c(C)nc2n1. The summed E-state index contributed by atoms with van der Waals surface area (Å²) in [7, 11) is 1.76. The molecule has 1 fully saturated rings. The van der Waals surface area contributed by atoms with Gasteiger partial charge in [0.25, 0.3) is 0 Å². The molecule has 3 heterocycles. The summed E-state index contributed by atoms with van der Waals surface area (Å²) >= 11 is 0. The zero-order valence-corrected chi connectivity index (χ0v) is 20.1. The molecule has 4 rings (SSSR count). The first-order chi connectivity index (χ1) is 15.6. The maximum Gasteiger partial charge on any atom is 0.321 e. The topological polar surface area (TPSA) is 83.0 Å². The molecule has 2 aromatic heterocycles. The van der Waals surface area contributed by atoms with Gasteiger partial charge in [-0.05, 0) is 60.9 Å². The van der Waals surface area contributed by atoms with E-state index in [1.807, 2.05) is 19.9 Å². The van der Waals surface area contributed by atoms with Crippen molar-refractivity contribution >= 4 is 28.7 Å². The summed E-state index contributed by atoms with van der Waals surface area (Å²) in [5.41, 5.74) is 4.08. The third-order valence-electron chi connectivity index (χ3n) is 6.53. The normalized spacial score (nSPS) is 16.3. The number of fused-ring (bicyclic) bond motifs is 1. The van der Waals surface area contributed by atoms with Gasteiger partial charge in [0.1, 0.15) is 5.82 Å². The van der Waals surface area contributed by atoms with Crippen molar-refractivity contribution in [3.63, 3.8) is 0 Å². The van der Waals surface area contributed by atoms with Gasteiger partial charge in [0.15, 0.2) is 5.65 Å². The molecular formula is C25H31FN6O. The number of halogens is 1. The van der Waals surface area contributed by atoms with Gasteiger partial charge in [0.05, 0.1) is 5.69 Å². The number of rotatable bonds is 3. The van der Waals surface area contributed by atoms with Gasteiger partial charge in [0, 0.05) is 43.0 Å². The van der Waals surface area contributed by atoms with Crippen molar-refractivity contribution in [3.05, 3.63) is 41.5 Å². The Morgan fingerprint density at radius 1 is 1.15 bits per heavy atom. The van der Waals surface area contributed by atoms with E-state index in [4.69, 9.17) is 0 Å². The van der Waals surface area contributed by atoms with Gasteiger partial charge < -0.3 is 15.5 Å². The lowest BCUT2D eigenvalue weighted by Gasteiger charge is -2.27. The second-order valence-electron chi connectivity index (χ2n) is 9.85. The van der Waals surface area contributed by atoms with Gasteiger partial charge in [-0.25, -0.2) is 19.2 Å². The lowest BCUT2D eigenvalue weighted by Crippen LogP contribution is -2.34. The Labute approximate surface area is 193 Å². The summed E-state index contributed by atoms with van der Waals surface area (Å²) in [4.78, 5) is 27.9. The number of amides is 2. The van der Waals surface area contributed by atoms with E-state index in [1.165, 1.54) is 6.07 Å². The highest BCUT2D eigenvalue weighted by atomic mass is 19.1. The number of carbonyl (C=O) groups is 1. The van der Waals surface area contributed by atoms with Gasteiger partial charge in [-0.1, -0.05) is 20.8 Å². The highest BCUT2D eigenvalue weighted by Crippen LogP contribution is 2.35. The Kier molecular flexibility index (Phi) is 5.95. The van der Waals surface area contributed by atoms with Crippen LogP contribution in [0.15, 0.2) is 24.4 Å². The zero-order chi connectivity index (χ0) is 23.9. The molecule has 174 valence electrons. The molecule has 0 spiro atoms. The number of anilines is 2. The Hall–Kier alpha value is -3.29. The minimum atomic E-state index is -0.454. The second-order valence-corrected chi connectivity index (χ2v) is 9.85. The van der Waals surface area contributed by atoms with Crippen molar-refractivity contribution in [1.29, 1.82) is 0 Å². The van der Waals surface area contributed by atoms with Crippen LogP contribution in [0.25, 0.3) is 22.2 Å². The number of nitrogens with zero attached hydrogens (tertiary/aromatic N) is 4. The predicted molar refractivity (Wildman–Crippen MR) is 130 cm³/mol. The van der Waals surface area contributed by atoms with Crippen LogP contribution in [0, 0.1) is 31.0 Å². The number of aryl methyl sites for hydroxylation is 2. The summed E-state index contributed by atoms with van der Waals surface area (Å²) in [6.07, 6.45) is 2.67. The standard InChI is InChI=1S/C25H31FN6O/c1-14-9-20(26)21(30-24(33)32-8-7-17(13-32)25(3,4)5)11-18(14)19-10-16-12-28-23(27-6)31-22(16)29-15(19)2/h9-12,17H,7-8,13H2,1-6H3,(H,30,33)(H,27,28,29,31)/t17-/m1/s1. The zero-order valence-electron chi connectivity index (χ0n) is 20.1. The molecule has 1 atom stereocenters. The Balaban J connectivity index is 1.64. The molecule has 1 aliphatic heterocycles. The average Bonchev–Trinajstić information content (AvgIpc) is 3.26. The molecule has 3 aromatic rings. The fourth-order valence-electron chi connectivity index (χ4n) is 4.35. The van der Waals surface area contributed by atoms with E-state index in [0.717, 1.165) is 34.2 Å². The smallest absolute Gasteiger partial charge is 0.321 e. The van der Waals surface area contributed by atoms with Gasteiger partial charge in [-0.3, -0.25) is 0 Å². The number of carbonyl (C=O) groups excluding carboxylic acids is 1. The third kappa shape index (κ3) is 4.60. The Bertz CT molecular complexity index is 1220. The lowest BCUT2D eigenvalue weighted by molar-refractivity contribution is 0.208. The first kappa shape index (κ1) is 22.9. The van der Waals surface area contributed by atoms with Crippen LogP contribution in [0.2, 0.25) is 0 Å². The maximum absolute atomic E-state index is 14.8. The van der Waals surface area contributed by atoms with E-state index in [0.29, 0.717) is 30.6 Å². The minimum Gasteiger partial charge on any atom is -0.357 e. The molecule has 0 bridgehead atoms. The van der Waals surface area contributed by atoms with E-state index < -0.39 is 5.82 Å². The van der Waals surface area contributed by atoms with E-state index in [1.54, 1.807) is 24.2 Å². The highest BCUT2D eigenvalue weighted by molar-refractivity contribution is 5.91. The molecule has 1 saturated heterocycles. The second kappa shape index (κ2) is 8.57. The molecule has 2 amide bonds. The van der Waals surface area contributed by atoms with E-state index in [9.17, 15) is 9.18 Å². The van der Waals surface area contributed by atoms with Crippen molar-refractivity contribution in [2.45, 2.75) is 41.0 Å². The van der Waals surface area contributed by atoms with Gasteiger partial charge in [0.2, 0.25) is 5.95 Å². The number of hydrogen-bond donors (Lipinski definition) is 2. The highest BCUT2D eigenvalue weighted by Gasteiger charge is 2.34. The van der Waals surface area contributed by atoms with E-state index in [-0.39, 0.29) is 17.1 Å². The molecule has 1 aromatic carbocycles. The van der Waals surface area contributed by atoms with Crippen molar-refractivity contribution in [3.8, 4) is 11.1 Å². The largest absolute Gasteiger partial charge is 0.357 e. The number of pyridine rings is 1. The summed E-state index contributed by atoms with van der Waals surface area (Å²) in [5, 5.41) is 6.49. The molecule has 7 nitrogen and oxygen atoms in total. The molecule has 2 N–H and O–H groups in total. The van der Waals surface area contributed by atoms with Crippen molar-refractivity contribution in [2.75, 3.05) is 30.8 Å². The van der Waals surface area contributed by atoms with Gasteiger partial charge >= 0.3 is 6.03 Å². The summed E-state index contributed by atoms with van der Waals surface area (Å²) in [6.45, 7) is 11.7. The molecule has 0 unspecified atom stereocenters. The van der Waals surface area contributed by atoms with Crippen LogP contribution in [-0.2, 0) is 0 Å². The van der Waals surface area contributed by atoms with Gasteiger partial charge in [-0.2, -0.15) is 4.98 Å². The number of benzene rings is 1. The van der Waals surface area contributed by atoms with Crippen molar-refractivity contribution in [1.82, 2.24) is 19.9 Å². The summed E-state index contributed by atoms with van der Waals surface area (Å²) in [5.74, 6) is 0.476. The molecule has 33 heavy (non-hydrogen) atoms. The molecule has 8 heteroatoms. The molecule has 1 aliphatic rings. The Morgan fingerprint density at radius 3 is 2.58 bits per heavy atom. The molecular weight excluding hydrogens is 419 g/mol. The van der Waals surface area contributed by atoms with Crippen molar-refractivity contribution in [2.24, 2.45) is 11.3 Å². The fraction of sp³-hybridized carbons (Fsp3) is 0.440. The monoisotopic (exact) mass is 450 g/mol. The van der Waals surface area contributed by atoms with Crippen LogP contribution >= 0.6 is 0 Å². The maximum atomic E-state index is 14.8. The molecule has 0 radical (unpaired) electrons. The van der Waals surface area contributed by atoms with E-state index in [2.05, 4.69) is 46.4 Å². The first-order valence-electron chi connectivity index (χ1n) is 11.3. The predicted octanol–water partition coefficient (Wildman–Crippen LogP) is 5.39. The Morgan fingerprint density at radius 2 is 1.91 bits per heavy atom. The van der Waals surface area contributed by atoms with Crippen molar-refractivity contribution < 1.29 is 9.18 Å². The van der Waals surface area contributed by atoms with Crippen LogP contribution < -0.4 is 10.6 Å². The lowest BCUT2D eigenvalue weighted by atomic mass is 9.80. The van der Waals surface area contributed by atoms with Crippen LogP contribution in [0.4, 0.5) is 20.8 Å². The number of nitrogens with one attached hydrogen (secondary N) is 2. The average molecular weight is 451 g/mol. The summed E-state index contributed by atoms with van der Waals surface area (Å²) < 4.78 is 14.8. The van der Waals surface area contributed by atoms with Crippen LogP contribution in [-0.4, -0.2) is 46.0 Å². The third-order valence-corrected chi connectivity index (χ3v) is 6.53. The number of aromatic nitrogens is 3. The van der Waals surface area contributed by atoms with Crippen LogP contribution in [0.1, 0.15) is 38.4 Å². The molecule has 0 saturated carbocycles. The summed E-state index contributed by atoms with van der Waals surface area (Å²) in [6, 6.07) is 4.84.